The Morgan fingerprint density at radius 1 is 1.50 bits per heavy atom. The van der Waals surface area contributed by atoms with Gasteiger partial charge in [-0.2, -0.15) is 4.39 Å². The number of aliphatic hydroxyl groups is 1. The van der Waals surface area contributed by atoms with E-state index >= 15 is 0 Å². The first-order valence-electron chi connectivity index (χ1n) is 4.01. The maximum atomic E-state index is 13.1. The van der Waals surface area contributed by atoms with Crippen LogP contribution in [0.3, 0.4) is 0 Å². The smallest absolute Gasteiger partial charge is 0.200 e. The van der Waals surface area contributed by atoms with E-state index in [0.717, 1.165) is 6.07 Å². The molecule has 1 unspecified atom stereocenters. The average Bonchev–Trinajstić information content (AvgIpc) is 2.20. The molecule has 0 saturated carbocycles. The van der Waals surface area contributed by atoms with Gasteiger partial charge in [0.2, 0.25) is 5.82 Å². The molecule has 0 aliphatic heterocycles. The zero-order valence-corrected chi connectivity index (χ0v) is 7.63. The zero-order chi connectivity index (χ0) is 10.7. The third kappa shape index (κ3) is 1.83. The molecule has 14 heavy (non-hydrogen) atoms. The minimum atomic E-state index is -1.11. The summed E-state index contributed by atoms with van der Waals surface area (Å²) in [6, 6.07) is 2.17. The number of rotatable bonds is 3. The molecular formula is C9H11F2NO2. The molecule has 0 aliphatic carbocycles. The number of methoxy groups -OCH3 is 1. The van der Waals surface area contributed by atoms with Crippen LogP contribution in [-0.4, -0.2) is 18.8 Å². The Morgan fingerprint density at radius 3 is 2.64 bits per heavy atom. The molecule has 0 radical (unpaired) electrons. The van der Waals surface area contributed by atoms with Crippen molar-refractivity contribution in [2.45, 2.75) is 6.10 Å². The van der Waals surface area contributed by atoms with Crippen molar-refractivity contribution in [2.24, 2.45) is 5.73 Å². The molecule has 1 aromatic carbocycles. The molecule has 5 heteroatoms. The van der Waals surface area contributed by atoms with Crippen LogP contribution in [0.15, 0.2) is 12.1 Å². The zero-order valence-electron chi connectivity index (χ0n) is 7.63. The molecule has 0 aromatic heterocycles. The van der Waals surface area contributed by atoms with E-state index in [9.17, 15) is 13.9 Å². The molecule has 3 nitrogen and oxygen atoms in total. The van der Waals surface area contributed by atoms with Crippen LogP contribution in [-0.2, 0) is 0 Å². The van der Waals surface area contributed by atoms with Crippen molar-refractivity contribution in [2.75, 3.05) is 13.7 Å². The van der Waals surface area contributed by atoms with E-state index in [-0.39, 0.29) is 17.9 Å². The highest BCUT2D eigenvalue weighted by Crippen LogP contribution is 2.29. The minimum absolute atomic E-state index is 0.0819. The van der Waals surface area contributed by atoms with Crippen LogP contribution in [0.5, 0.6) is 5.75 Å². The minimum Gasteiger partial charge on any atom is -0.493 e. The van der Waals surface area contributed by atoms with E-state index in [1.807, 2.05) is 0 Å². The summed E-state index contributed by atoms with van der Waals surface area (Å²) < 4.78 is 30.5. The molecule has 0 fully saturated rings. The lowest BCUT2D eigenvalue weighted by Crippen LogP contribution is -2.13. The van der Waals surface area contributed by atoms with Gasteiger partial charge in [0.05, 0.1) is 13.2 Å². The van der Waals surface area contributed by atoms with Crippen molar-refractivity contribution in [1.29, 1.82) is 0 Å². The number of nitrogens with two attached hydrogens (primary N) is 1. The van der Waals surface area contributed by atoms with E-state index in [2.05, 4.69) is 4.74 Å². The molecule has 3 N–H and O–H groups in total. The fourth-order valence-corrected chi connectivity index (χ4v) is 1.14. The molecule has 1 atom stereocenters. The van der Waals surface area contributed by atoms with Gasteiger partial charge < -0.3 is 15.6 Å². The van der Waals surface area contributed by atoms with Crippen molar-refractivity contribution in [3.63, 3.8) is 0 Å². The van der Waals surface area contributed by atoms with Crippen molar-refractivity contribution < 1.29 is 18.6 Å². The number of ether oxygens (including phenoxy) is 1. The Bertz CT molecular complexity index is 331. The molecule has 0 saturated heterocycles. The van der Waals surface area contributed by atoms with Gasteiger partial charge in [0, 0.05) is 12.1 Å². The third-order valence-corrected chi connectivity index (χ3v) is 1.87. The SMILES string of the molecule is COc1c(C(O)CN)ccc(F)c1F. The van der Waals surface area contributed by atoms with Crippen molar-refractivity contribution in [3.8, 4) is 5.75 Å². The van der Waals surface area contributed by atoms with Crippen LogP contribution >= 0.6 is 0 Å². The van der Waals surface area contributed by atoms with E-state index in [1.54, 1.807) is 0 Å². The molecular weight excluding hydrogens is 192 g/mol. The summed E-state index contributed by atoms with van der Waals surface area (Å²) in [5.74, 6) is -2.43. The van der Waals surface area contributed by atoms with E-state index in [1.165, 1.54) is 13.2 Å². The Hall–Kier alpha value is -1.20. The molecule has 1 aromatic rings. The number of aliphatic hydroxyl groups excluding tert-OH is 1. The van der Waals surface area contributed by atoms with Gasteiger partial charge in [-0.15, -0.1) is 0 Å². The van der Waals surface area contributed by atoms with Crippen LogP contribution < -0.4 is 10.5 Å². The molecule has 0 heterocycles. The normalized spacial score (nSPS) is 12.6. The molecule has 0 aliphatic rings. The van der Waals surface area contributed by atoms with Crippen molar-refractivity contribution >= 4 is 0 Å². The number of benzene rings is 1. The predicted octanol–water partition coefficient (Wildman–Crippen LogP) is 0.966. The molecule has 1 rings (SSSR count). The highest BCUT2D eigenvalue weighted by atomic mass is 19.2. The van der Waals surface area contributed by atoms with Crippen LogP contribution in [0.1, 0.15) is 11.7 Å². The average molecular weight is 203 g/mol. The summed E-state index contributed by atoms with van der Waals surface area (Å²) in [7, 11) is 1.20. The largest absolute Gasteiger partial charge is 0.493 e. The highest BCUT2D eigenvalue weighted by Gasteiger charge is 2.18. The van der Waals surface area contributed by atoms with Gasteiger partial charge in [0.25, 0.3) is 0 Å². The fourth-order valence-electron chi connectivity index (χ4n) is 1.14. The lowest BCUT2D eigenvalue weighted by molar-refractivity contribution is 0.180. The fraction of sp³-hybridized carbons (Fsp3) is 0.333. The molecule has 78 valence electrons. The van der Waals surface area contributed by atoms with Crippen molar-refractivity contribution in [3.05, 3.63) is 29.3 Å². The standard InChI is InChI=1S/C9H11F2NO2/c1-14-9-5(7(13)4-12)2-3-6(10)8(9)11/h2-3,7,13H,4,12H2,1H3. The summed E-state index contributed by atoms with van der Waals surface area (Å²) in [6.07, 6.45) is -1.06. The highest BCUT2D eigenvalue weighted by molar-refractivity contribution is 5.37. The summed E-state index contributed by atoms with van der Waals surface area (Å²) in [5, 5.41) is 9.36. The Labute approximate surface area is 80.1 Å². The van der Waals surface area contributed by atoms with Gasteiger partial charge in [-0.05, 0) is 12.1 Å². The lowest BCUT2D eigenvalue weighted by atomic mass is 10.1. The molecule has 0 amide bonds. The van der Waals surface area contributed by atoms with Gasteiger partial charge >= 0.3 is 0 Å². The third-order valence-electron chi connectivity index (χ3n) is 1.87. The second-order valence-electron chi connectivity index (χ2n) is 2.74. The Morgan fingerprint density at radius 2 is 2.14 bits per heavy atom. The maximum Gasteiger partial charge on any atom is 0.200 e. The van der Waals surface area contributed by atoms with Gasteiger partial charge in [0.1, 0.15) is 0 Å². The number of hydrogen-bond acceptors (Lipinski definition) is 3. The molecule has 0 spiro atoms. The van der Waals surface area contributed by atoms with E-state index < -0.39 is 17.7 Å². The number of halogens is 2. The lowest BCUT2D eigenvalue weighted by Gasteiger charge is -2.13. The quantitative estimate of drug-likeness (QED) is 0.769. The first kappa shape index (κ1) is 10.9. The Balaban J connectivity index is 3.23. The van der Waals surface area contributed by atoms with E-state index in [4.69, 9.17) is 5.73 Å². The van der Waals surface area contributed by atoms with Crippen molar-refractivity contribution in [1.82, 2.24) is 0 Å². The second kappa shape index (κ2) is 4.34. The summed E-state index contributed by atoms with van der Waals surface area (Å²) in [4.78, 5) is 0. The summed E-state index contributed by atoms with van der Waals surface area (Å²) in [5.41, 5.74) is 5.34. The first-order chi connectivity index (χ1) is 6.61. The second-order valence-corrected chi connectivity index (χ2v) is 2.74. The van der Waals surface area contributed by atoms with E-state index in [0.29, 0.717) is 0 Å². The predicted molar refractivity (Wildman–Crippen MR) is 46.9 cm³/mol. The Kier molecular flexibility index (Phi) is 3.38. The first-order valence-corrected chi connectivity index (χ1v) is 4.01. The summed E-state index contributed by atoms with van der Waals surface area (Å²) in [6.45, 7) is -0.0819. The van der Waals surface area contributed by atoms with Gasteiger partial charge in [-0.3, -0.25) is 0 Å². The number of hydrogen-bond donors (Lipinski definition) is 2. The van der Waals surface area contributed by atoms with Crippen LogP contribution in [0.25, 0.3) is 0 Å². The summed E-state index contributed by atoms with van der Waals surface area (Å²) >= 11 is 0. The monoisotopic (exact) mass is 203 g/mol. The van der Waals surface area contributed by atoms with Gasteiger partial charge in [0.15, 0.2) is 11.6 Å². The van der Waals surface area contributed by atoms with Gasteiger partial charge in [-0.1, -0.05) is 0 Å². The van der Waals surface area contributed by atoms with Crippen LogP contribution in [0, 0.1) is 11.6 Å². The maximum absolute atomic E-state index is 13.1. The van der Waals surface area contributed by atoms with Crippen LogP contribution in [0.4, 0.5) is 8.78 Å². The van der Waals surface area contributed by atoms with Crippen LogP contribution in [0.2, 0.25) is 0 Å². The van der Waals surface area contributed by atoms with Gasteiger partial charge in [-0.25, -0.2) is 4.39 Å². The molecule has 0 bridgehead atoms. The topological polar surface area (TPSA) is 55.5 Å².